The summed E-state index contributed by atoms with van der Waals surface area (Å²) in [6, 6.07) is -0.170. The van der Waals surface area contributed by atoms with E-state index in [1.165, 1.54) is 0 Å². The fourth-order valence-electron chi connectivity index (χ4n) is 3.12. The Morgan fingerprint density at radius 1 is 1.25 bits per heavy atom. The van der Waals surface area contributed by atoms with Crippen molar-refractivity contribution in [2.45, 2.75) is 78.0 Å². The topological polar surface area (TPSA) is 60.2 Å². The summed E-state index contributed by atoms with van der Waals surface area (Å²) in [7, 11) is -3.05. The molecule has 0 bridgehead atoms. The van der Waals surface area contributed by atoms with Gasteiger partial charge in [0.05, 0.1) is 11.0 Å². The molecule has 0 amide bonds. The van der Waals surface area contributed by atoms with Crippen molar-refractivity contribution < 1.29 is 8.42 Å². The maximum Gasteiger partial charge on any atom is 0.154 e. The standard InChI is InChI=1S/C16H33NO2S/c1-6-16(4,5)13-7-8-14(17)15(11-13)20(18,19)10-9-12(2)3/h12-15H,6-11,17H2,1-5H3. The number of rotatable bonds is 6. The van der Waals surface area contributed by atoms with Crippen molar-refractivity contribution in [1.29, 1.82) is 0 Å². The molecule has 20 heavy (non-hydrogen) atoms. The smallest absolute Gasteiger partial charge is 0.154 e. The van der Waals surface area contributed by atoms with E-state index in [-0.39, 0.29) is 16.7 Å². The molecule has 2 N–H and O–H groups in total. The van der Waals surface area contributed by atoms with Crippen LogP contribution in [0.1, 0.15) is 66.7 Å². The lowest BCUT2D eigenvalue weighted by atomic mass is 9.69. The Hall–Kier alpha value is -0.0900. The Labute approximate surface area is 125 Å². The third-order valence-corrected chi connectivity index (χ3v) is 7.57. The Morgan fingerprint density at radius 3 is 2.35 bits per heavy atom. The minimum atomic E-state index is -3.05. The lowest BCUT2D eigenvalue weighted by Gasteiger charge is -2.41. The molecule has 0 radical (unpaired) electrons. The van der Waals surface area contributed by atoms with Crippen LogP contribution < -0.4 is 5.73 Å². The van der Waals surface area contributed by atoms with E-state index in [0.29, 0.717) is 17.6 Å². The summed E-state index contributed by atoms with van der Waals surface area (Å²) in [5.74, 6) is 1.20. The maximum absolute atomic E-state index is 12.6. The predicted octanol–water partition coefficient (Wildman–Crippen LogP) is 3.38. The molecule has 3 atom stereocenters. The van der Waals surface area contributed by atoms with Crippen molar-refractivity contribution in [3.63, 3.8) is 0 Å². The summed E-state index contributed by atoms with van der Waals surface area (Å²) in [5.41, 5.74) is 6.35. The highest BCUT2D eigenvalue weighted by molar-refractivity contribution is 7.92. The van der Waals surface area contributed by atoms with E-state index in [4.69, 9.17) is 5.73 Å². The second kappa shape index (κ2) is 6.78. The number of hydrogen-bond donors (Lipinski definition) is 1. The molecule has 1 rings (SSSR count). The molecule has 0 aliphatic heterocycles. The average molecular weight is 304 g/mol. The Kier molecular flexibility index (Phi) is 6.09. The monoisotopic (exact) mass is 303 g/mol. The van der Waals surface area contributed by atoms with Gasteiger partial charge in [-0.15, -0.1) is 0 Å². The van der Waals surface area contributed by atoms with E-state index in [1.807, 2.05) is 0 Å². The summed E-state index contributed by atoms with van der Waals surface area (Å²) in [6.07, 6.45) is 4.50. The van der Waals surface area contributed by atoms with Gasteiger partial charge in [0, 0.05) is 6.04 Å². The van der Waals surface area contributed by atoms with Gasteiger partial charge in [-0.25, -0.2) is 8.42 Å². The van der Waals surface area contributed by atoms with Gasteiger partial charge in [0.1, 0.15) is 0 Å². The molecule has 120 valence electrons. The molecule has 4 heteroatoms. The van der Waals surface area contributed by atoms with Crippen molar-refractivity contribution in [2.24, 2.45) is 23.0 Å². The van der Waals surface area contributed by atoms with Gasteiger partial charge in [-0.3, -0.25) is 0 Å². The van der Waals surface area contributed by atoms with Gasteiger partial charge in [-0.2, -0.15) is 0 Å². The molecule has 0 aromatic carbocycles. The summed E-state index contributed by atoms with van der Waals surface area (Å²) >= 11 is 0. The molecule has 0 aromatic rings. The first kappa shape index (κ1) is 18.0. The largest absolute Gasteiger partial charge is 0.327 e. The zero-order valence-electron chi connectivity index (χ0n) is 13.9. The van der Waals surface area contributed by atoms with Gasteiger partial charge >= 0.3 is 0 Å². The maximum atomic E-state index is 12.6. The fourth-order valence-corrected chi connectivity index (χ4v) is 5.41. The van der Waals surface area contributed by atoms with E-state index in [9.17, 15) is 8.42 Å². The quantitative estimate of drug-likeness (QED) is 0.818. The highest BCUT2D eigenvalue weighted by Gasteiger charge is 2.41. The van der Waals surface area contributed by atoms with E-state index in [0.717, 1.165) is 32.1 Å². The van der Waals surface area contributed by atoms with Crippen molar-refractivity contribution in [2.75, 3.05) is 5.75 Å². The van der Waals surface area contributed by atoms with Crippen LogP contribution in [0.3, 0.4) is 0 Å². The van der Waals surface area contributed by atoms with Crippen LogP contribution in [-0.2, 0) is 9.84 Å². The Balaban J connectivity index is 2.81. The van der Waals surface area contributed by atoms with Crippen LogP contribution >= 0.6 is 0 Å². The zero-order valence-corrected chi connectivity index (χ0v) is 14.7. The Bertz CT molecular complexity index is 401. The lowest BCUT2D eigenvalue weighted by molar-refractivity contribution is 0.146. The van der Waals surface area contributed by atoms with Crippen molar-refractivity contribution in [3.05, 3.63) is 0 Å². The van der Waals surface area contributed by atoms with Gasteiger partial charge in [-0.1, -0.05) is 41.0 Å². The normalized spacial score (nSPS) is 28.9. The highest BCUT2D eigenvalue weighted by Crippen LogP contribution is 2.42. The predicted molar refractivity (Wildman–Crippen MR) is 86.4 cm³/mol. The first-order valence-corrected chi connectivity index (χ1v) is 9.79. The zero-order chi connectivity index (χ0) is 15.6. The van der Waals surface area contributed by atoms with Crippen LogP contribution in [-0.4, -0.2) is 25.5 Å². The van der Waals surface area contributed by atoms with Crippen LogP contribution in [0, 0.1) is 17.3 Å². The van der Waals surface area contributed by atoms with Crippen molar-refractivity contribution in [1.82, 2.24) is 0 Å². The lowest BCUT2D eigenvalue weighted by Crippen LogP contribution is -2.48. The molecular weight excluding hydrogens is 270 g/mol. The molecule has 0 spiro atoms. The molecule has 1 aliphatic carbocycles. The van der Waals surface area contributed by atoms with Crippen LogP contribution in [0.25, 0.3) is 0 Å². The third-order valence-electron chi connectivity index (χ3n) is 5.30. The second-order valence-corrected chi connectivity index (χ2v) is 9.94. The van der Waals surface area contributed by atoms with E-state index < -0.39 is 9.84 Å². The van der Waals surface area contributed by atoms with E-state index in [2.05, 4.69) is 34.6 Å². The Morgan fingerprint density at radius 2 is 1.85 bits per heavy atom. The number of sulfone groups is 1. The second-order valence-electron chi connectivity index (χ2n) is 7.60. The first-order chi connectivity index (χ1) is 9.10. The van der Waals surface area contributed by atoms with Gasteiger partial charge in [-0.05, 0) is 42.9 Å². The summed E-state index contributed by atoms with van der Waals surface area (Å²) in [4.78, 5) is 0. The van der Waals surface area contributed by atoms with Crippen LogP contribution in [0.5, 0.6) is 0 Å². The van der Waals surface area contributed by atoms with E-state index in [1.54, 1.807) is 0 Å². The van der Waals surface area contributed by atoms with Crippen LogP contribution in [0.4, 0.5) is 0 Å². The molecule has 3 nitrogen and oxygen atoms in total. The third kappa shape index (κ3) is 4.45. The molecule has 1 fully saturated rings. The molecule has 1 aliphatic rings. The summed E-state index contributed by atoms with van der Waals surface area (Å²) in [5, 5.41) is -0.328. The van der Waals surface area contributed by atoms with Crippen molar-refractivity contribution >= 4 is 9.84 Å². The molecule has 3 unspecified atom stereocenters. The summed E-state index contributed by atoms with van der Waals surface area (Å²) in [6.45, 7) is 10.8. The average Bonchev–Trinajstić information content (AvgIpc) is 2.36. The fraction of sp³-hybridized carbons (Fsp3) is 1.00. The minimum Gasteiger partial charge on any atom is -0.327 e. The SMILES string of the molecule is CCC(C)(C)C1CCC(N)C(S(=O)(=O)CCC(C)C)C1. The molecular formula is C16H33NO2S. The highest BCUT2D eigenvalue weighted by atomic mass is 32.2. The first-order valence-electron chi connectivity index (χ1n) is 8.07. The summed E-state index contributed by atoms with van der Waals surface area (Å²) < 4.78 is 25.2. The minimum absolute atomic E-state index is 0.170. The molecule has 0 aromatic heterocycles. The number of nitrogens with two attached hydrogens (primary N) is 1. The van der Waals surface area contributed by atoms with Crippen molar-refractivity contribution in [3.8, 4) is 0 Å². The van der Waals surface area contributed by atoms with Gasteiger partial charge in [0.15, 0.2) is 9.84 Å². The van der Waals surface area contributed by atoms with Gasteiger partial charge < -0.3 is 5.73 Å². The molecule has 0 saturated heterocycles. The number of hydrogen-bond acceptors (Lipinski definition) is 3. The van der Waals surface area contributed by atoms with Crippen LogP contribution in [0.2, 0.25) is 0 Å². The van der Waals surface area contributed by atoms with Gasteiger partial charge in [0.2, 0.25) is 0 Å². The van der Waals surface area contributed by atoms with Gasteiger partial charge in [0.25, 0.3) is 0 Å². The van der Waals surface area contributed by atoms with Crippen LogP contribution in [0.15, 0.2) is 0 Å². The van der Waals surface area contributed by atoms with E-state index >= 15 is 0 Å². The molecule has 1 saturated carbocycles. The molecule has 0 heterocycles.